The maximum Gasteiger partial charge on any atom is 0.187 e. The van der Waals surface area contributed by atoms with E-state index in [2.05, 4.69) is 0 Å². The zero-order valence-electron chi connectivity index (χ0n) is 16.7. The van der Waals surface area contributed by atoms with Crippen LogP contribution in [0, 0.1) is 11.3 Å². The molecule has 28 heavy (non-hydrogen) atoms. The molecule has 0 aromatic heterocycles. The van der Waals surface area contributed by atoms with E-state index in [4.69, 9.17) is 9.47 Å². The van der Waals surface area contributed by atoms with Crippen LogP contribution in [0.25, 0.3) is 0 Å². The fraction of sp³-hybridized carbons (Fsp3) is 0.895. The zero-order valence-corrected chi connectivity index (χ0v) is 16.7. The summed E-state index contributed by atoms with van der Waals surface area (Å²) < 4.78 is 10.9. The Balaban J connectivity index is 2.09. The van der Waals surface area contributed by atoms with E-state index in [1.54, 1.807) is 19.1 Å². The van der Waals surface area contributed by atoms with E-state index in [-0.39, 0.29) is 0 Å². The van der Waals surface area contributed by atoms with Crippen LogP contribution in [0.4, 0.5) is 0 Å². The minimum absolute atomic E-state index is 0.307. The highest BCUT2D eigenvalue weighted by atomic mass is 16.7. The Morgan fingerprint density at radius 2 is 1.68 bits per heavy atom. The summed E-state index contributed by atoms with van der Waals surface area (Å²) in [5.41, 5.74) is -2.05. The molecule has 1 heterocycles. The van der Waals surface area contributed by atoms with Crippen LogP contribution in [0.2, 0.25) is 0 Å². The number of ether oxygens (including phenoxy) is 2. The van der Waals surface area contributed by atoms with Gasteiger partial charge in [0.2, 0.25) is 0 Å². The Kier molecular flexibility index (Phi) is 7.29. The maximum absolute atomic E-state index is 10.8. The first kappa shape index (κ1) is 23.7. The fourth-order valence-corrected chi connectivity index (χ4v) is 4.30. The second-order valence-corrected chi connectivity index (χ2v) is 8.83. The van der Waals surface area contributed by atoms with E-state index in [9.17, 15) is 35.7 Å². The first-order valence-corrected chi connectivity index (χ1v) is 9.55. The van der Waals surface area contributed by atoms with Gasteiger partial charge in [-0.15, -0.1) is 0 Å². The average molecular weight is 406 g/mol. The molecule has 7 N–H and O–H groups in total. The van der Waals surface area contributed by atoms with E-state index in [1.807, 2.05) is 13.8 Å². The third-order valence-electron chi connectivity index (χ3n) is 5.94. The topological polar surface area (TPSA) is 160 Å². The smallest absolute Gasteiger partial charge is 0.187 e. The second kappa shape index (κ2) is 8.63. The van der Waals surface area contributed by atoms with E-state index in [1.165, 1.54) is 6.92 Å². The van der Waals surface area contributed by atoms with Crippen molar-refractivity contribution in [2.45, 2.75) is 88.7 Å². The van der Waals surface area contributed by atoms with Crippen LogP contribution in [-0.4, -0.2) is 97.0 Å². The van der Waals surface area contributed by atoms with E-state index in [0.29, 0.717) is 6.42 Å². The molecule has 0 aromatic rings. The zero-order chi connectivity index (χ0) is 21.4. The van der Waals surface area contributed by atoms with Gasteiger partial charge in [0.15, 0.2) is 6.29 Å². The van der Waals surface area contributed by atoms with Crippen molar-refractivity contribution in [3.8, 4) is 0 Å². The van der Waals surface area contributed by atoms with Gasteiger partial charge >= 0.3 is 0 Å². The van der Waals surface area contributed by atoms with Gasteiger partial charge in [0.1, 0.15) is 30.5 Å². The first-order chi connectivity index (χ1) is 12.8. The Morgan fingerprint density at radius 3 is 2.25 bits per heavy atom. The Morgan fingerprint density at radius 1 is 1.07 bits per heavy atom. The molecule has 0 bridgehead atoms. The van der Waals surface area contributed by atoms with Gasteiger partial charge in [-0.25, -0.2) is 0 Å². The normalized spacial score (nSPS) is 48.0. The fourth-order valence-electron chi connectivity index (χ4n) is 4.30. The van der Waals surface area contributed by atoms with Crippen LogP contribution in [0.1, 0.15) is 34.1 Å². The van der Waals surface area contributed by atoms with Gasteiger partial charge in [-0.2, -0.15) is 0 Å². The molecule has 0 aromatic carbocycles. The molecule has 1 aliphatic heterocycles. The van der Waals surface area contributed by atoms with Crippen LogP contribution in [0.5, 0.6) is 0 Å². The van der Waals surface area contributed by atoms with Gasteiger partial charge in [0.05, 0.1) is 24.4 Å². The van der Waals surface area contributed by atoms with E-state index < -0.39 is 72.6 Å². The summed E-state index contributed by atoms with van der Waals surface area (Å²) in [4.78, 5) is 0. The van der Waals surface area contributed by atoms with Gasteiger partial charge in [0.25, 0.3) is 0 Å². The maximum atomic E-state index is 10.8. The minimum atomic E-state index is -1.56. The predicted octanol–water partition coefficient (Wildman–Crippen LogP) is -1.73. The minimum Gasteiger partial charge on any atom is -0.394 e. The predicted molar refractivity (Wildman–Crippen MR) is 98.0 cm³/mol. The highest BCUT2D eigenvalue weighted by Gasteiger charge is 2.53. The first-order valence-electron chi connectivity index (χ1n) is 9.55. The molecule has 0 radical (unpaired) electrons. The summed E-state index contributed by atoms with van der Waals surface area (Å²) in [6, 6.07) is 0. The van der Waals surface area contributed by atoms with Gasteiger partial charge in [-0.1, -0.05) is 26.0 Å². The molecule has 1 aliphatic carbocycles. The number of hydrogen-bond donors (Lipinski definition) is 7. The largest absolute Gasteiger partial charge is 0.394 e. The number of rotatable bonds is 5. The lowest BCUT2D eigenvalue weighted by atomic mass is 9.59. The SMILES string of the molecule is C[C@@H](/C=C\[C@@H]1C(C)(C)C[C@H](O)[C@@H](O)[C@]1(C)O)O[C@@H]1O[C@H](CO)[C@@H](O)[C@H](O)[C@H]1O. The lowest BCUT2D eigenvalue weighted by Gasteiger charge is -2.51. The molecule has 1 saturated heterocycles. The molecule has 2 fully saturated rings. The third-order valence-corrected chi connectivity index (χ3v) is 5.94. The van der Waals surface area contributed by atoms with Crippen molar-refractivity contribution in [2.75, 3.05) is 6.61 Å². The molecule has 9 heteroatoms. The average Bonchev–Trinajstić information content (AvgIpc) is 2.59. The molecule has 10 atom stereocenters. The Bertz CT molecular complexity index is 548. The molecule has 1 saturated carbocycles. The summed E-state index contributed by atoms with van der Waals surface area (Å²) in [5.74, 6) is -0.487. The highest BCUT2D eigenvalue weighted by molar-refractivity contribution is 5.12. The number of aliphatic hydroxyl groups is 7. The number of aliphatic hydroxyl groups excluding tert-OH is 6. The van der Waals surface area contributed by atoms with Crippen LogP contribution in [-0.2, 0) is 9.47 Å². The van der Waals surface area contributed by atoms with Gasteiger partial charge in [0, 0.05) is 5.92 Å². The Hall–Kier alpha value is -0.620. The monoisotopic (exact) mass is 406 g/mol. The van der Waals surface area contributed by atoms with Crippen molar-refractivity contribution in [1.29, 1.82) is 0 Å². The summed E-state index contributed by atoms with van der Waals surface area (Å²) in [7, 11) is 0. The summed E-state index contributed by atoms with van der Waals surface area (Å²) in [6.45, 7) is 6.35. The van der Waals surface area contributed by atoms with Crippen LogP contribution >= 0.6 is 0 Å². The highest BCUT2D eigenvalue weighted by Crippen LogP contribution is 2.47. The quantitative estimate of drug-likeness (QED) is 0.263. The lowest BCUT2D eigenvalue weighted by Crippen LogP contribution is -2.61. The van der Waals surface area contributed by atoms with Crippen molar-refractivity contribution in [1.82, 2.24) is 0 Å². The molecule has 164 valence electrons. The lowest BCUT2D eigenvalue weighted by molar-refractivity contribution is -0.306. The second-order valence-electron chi connectivity index (χ2n) is 8.83. The molecular formula is C19H34O9. The summed E-state index contributed by atoms with van der Waals surface area (Å²) in [5, 5.41) is 69.9. The van der Waals surface area contributed by atoms with Crippen LogP contribution < -0.4 is 0 Å². The molecular weight excluding hydrogens is 372 g/mol. The van der Waals surface area contributed by atoms with Crippen LogP contribution in [0.15, 0.2) is 12.2 Å². The Labute approximate surface area is 164 Å². The van der Waals surface area contributed by atoms with Crippen molar-refractivity contribution < 1.29 is 45.2 Å². The van der Waals surface area contributed by atoms with Gasteiger partial charge < -0.3 is 45.2 Å². The van der Waals surface area contributed by atoms with Crippen LogP contribution in [0.3, 0.4) is 0 Å². The van der Waals surface area contributed by atoms with Gasteiger partial charge in [-0.3, -0.25) is 0 Å². The molecule has 0 amide bonds. The third kappa shape index (κ3) is 4.58. The van der Waals surface area contributed by atoms with Crippen molar-refractivity contribution in [3.05, 3.63) is 12.2 Å². The molecule has 0 unspecified atom stereocenters. The molecule has 2 aliphatic rings. The van der Waals surface area contributed by atoms with Crippen molar-refractivity contribution in [3.63, 3.8) is 0 Å². The summed E-state index contributed by atoms with van der Waals surface area (Å²) in [6.07, 6.45) is -6.11. The molecule has 0 spiro atoms. The van der Waals surface area contributed by atoms with Gasteiger partial charge in [-0.05, 0) is 25.7 Å². The van der Waals surface area contributed by atoms with E-state index >= 15 is 0 Å². The summed E-state index contributed by atoms with van der Waals surface area (Å²) >= 11 is 0. The standard InChI is InChI=1S/C19H34O9/c1-9(27-17-15(24)14(23)13(22)11(8-20)28-17)5-6-12-18(2,3)7-10(21)16(25)19(12,4)26/h5-6,9-17,20-26H,7-8H2,1-4H3/b6-5-/t9-,10-,11+,12+,13+,14-,15+,16+,17+,19+/m0/s1. The molecule has 2 rings (SSSR count). The van der Waals surface area contributed by atoms with Crippen molar-refractivity contribution in [2.24, 2.45) is 11.3 Å². The van der Waals surface area contributed by atoms with Crippen molar-refractivity contribution >= 4 is 0 Å². The molecule has 9 nitrogen and oxygen atoms in total. The van der Waals surface area contributed by atoms with E-state index in [0.717, 1.165) is 0 Å². The number of hydrogen-bond acceptors (Lipinski definition) is 9.